The second-order valence-corrected chi connectivity index (χ2v) is 5.82. The molecule has 1 heterocycles. The standard InChI is InChI=1S/C15H12BrClN2/c16-12-3-1-11(14(17)7-12)9-19-6-5-10-2-4-13(18)8-15(10)19/h1-8H,9,18H2. The van der Waals surface area contributed by atoms with Gasteiger partial charge in [-0.1, -0.05) is 39.7 Å². The molecule has 3 aromatic rings. The number of nitrogens with two attached hydrogens (primary N) is 1. The third-order valence-corrected chi connectivity index (χ3v) is 4.00. The van der Waals surface area contributed by atoms with Crippen LogP contribution in [0.25, 0.3) is 10.9 Å². The van der Waals surface area contributed by atoms with E-state index < -0.39 is 0 Å². The highest BCUT2D eigenvalue weighted by Gasteiger charge is 2.05. The number of hydrogen-bond acceptors (Lipinski definition) is 1. The number of halogens is 2. The molecule has 0 fully saturated rings. The van der Waals surface area contributed by atoms with Crippen LogP contribution in [0.4, 0.5) is 5.69 Å². The lowest BCUT2D eigenvalue weighted by Gasteiger charge is -2.08. The highest BCUT2D eigenvalue weighted by atomic mass is 79.9. The number of nitrogen functional groups attached to an aromatic ring is 1. The normalized spacial score (nSPS) is 11.1. The lowest BCUT2D eigenvalue weighted by atomic mass is 10.2. The van der Waals surface area contributed by atoms with E-state index in [1.165, 1.54) is 5.39 Å². The van der Waals surface area contributed by atoms with E-state index in [0.29, 0.717) is 0 Å². The quantitative estimate of drug-likeness (QED) is 0.677. The molecule has 4 heteroatoms. The molecule has 0 spiro atoms. The highest BCUT2D eigenvalue weighted by Crippen LogP contribution is 2.25. The molecule has 19 heavy (non-hydrogen) atoms. The Morgan fingerprint density at radius 3 is 2.74 bits per heavy atom. The van der Waals surface area contributed by atoms with Crippen LogP contribution in [0.5, 0.6) is 0 Å². The minimum atomic E-state index is 0.735. The molecule has 0 saturated carbocycles. The maximum atomic E-state index is 6.26. The zero-order valence-electron chi connectivity index (χ0n) is 10.1. The van der Waals surface area contributed by atoms with Crippen LogP contribution in [-0.2, 0) is 6.54 Å². The Balaban J connectivity index is 2.03. The van der Waals surface area contributed by atoms with Crippen LogP contribution in [0.15, 0.2) is 53.1 Å². The van der Waals surface area contributed by atoms with Crippen LogP contribution in [0.3, 0.4) is 0 Å². The van der Waals surface area contributed by atoms with Gasteiger partial charge >= 0.3 is 0 Å². The molecule has 0 radical (unpaired) electrons. The topological polar surface area (TPSA) is 30.9 Å². The maximum Gasteiger partial charge on any atom is 0.0504 e. The number of benzene rings is 2. The molecule has 0 unspecified atom stereocenters. The Bertz CT molecular complexity index is 749. The van der Waals surface area contributed by atoms with Gasteiger partial charge in [0.1, 0.15) is 0 Å². The highest BCUT2D eigenvalue weighted by molar-refractivity contribution is 9.10. The number of rotatable bonds is 2. The third-order valence-electron chi connectivity index (χ3n) is 3.15. The molecule has 0 aliphatic heterocycles. The number of nitrogens with zero attached hydrogens (tertiary/aromatic N) is 1. The third kappa shape index (κ3) is 2.48. The van der Waals surface area contributed by atoms with Crippen molar-refractivity contribution in [3.8, 4) is 0 Å². The van der Waals surface area contributed by atoms with E-state index in [0.717, 1.165) is 32.8 Å². The lowest BCUT2D eigenvalue weighted by molar-refractivity contribution is 0.837. The maximum absolute atomic E-state index is 6.26. The van der Waals surface area contributed by atoms with Crippen LogP contribution in [0.1, 0.15) is 5.56 Å². The van der Waals surface area contributed by atoms with Crippen LogP contribution in [-0.4, -0.2) is 4.57 Å². The minimum Gasteiger partial charge on any atom is -0.399 e. The average Bonchev–Trinajstić information content (AvgIpc) is 2.75. The largest absolute Gasteiger partial charge is 0.399 e. The molecule has 0 amide bonds. The molecule has 0 bridgehead atoms. The first-order chi connectivity index (χ1) is 9.13. The predicted octanol–water partition coefficient (Wildman–Crippen LogP) is 4.69. The zero-order valence-corrected chi connectivity index (χ0v) is 12.4. The SMILES string of the molecule is Nc1ccc2ccn(Cc3ccc(Br)cc3Cl)c2c1. The molecule has 0 atom stereocenters. The van der Waals surface area contributed by atoms with Gasteiger partial charge < -0.3 is 10.3 Å². The first-order valence-electron chi connectivity index (χ1n) is 5.92. The van der Waals surface area contributed by atoms with E-state index in [1.54, 1.807) is 0 Å². The molecule has 0 saturated heterocycles. The van der Waals surface area contributed by atoms with E-state index in [4.69, 9.17) is 17.3 Å². The summed E-state index contributed by atoms with van der Waals surface area (Å²) in [5, 5.41) is 1.95. The van der Waals surface area contributed by atoms with Crippen molar-refractivity contribution in [2.24, 2.45) is 0 Å². The monoisotopic (exact) mass is 334 g/mol. The van der Waals surface area contributed by atoms with Gasteiger partial charge in [-0.2, -0.15) is 0 Å². The molecular formula is C15H12BrClN2. The first kappa shape index (κ1) is 12.6. The van der Waals surface area contributed by atoms with Gasteiger partial charge in [-0.3, -0.25) is 0 Å². The molecule has 1 aromatic heterocycles. The Labute approximate surface area is 124 Å². The fourth-order valence-corrected chi connectivity index (χ4v) is 2.91. The summed E-state index contributed by atoms with van der Waals surface area (Å²) >= 11 is 9.68. The Morgan fingerprint density at radius 1 is 1.11 bits per heavy atom. The second kappa shape index (κ2) is 4.91. The Kier molecular flexibility index (Phi) is 3.25. The van der Waals surface area contributed by atoms with Crippen molar-refractivity contribution >= 4 is 44.1 Å². The minimum absolute atomic E-state index is 0.735. The van der Waals surface area contributed by atoms with Crippen LogP contribution in [0, 0.1) is 0 Å². The summed E-state index contributed by atoms with van der Waals surface area (Å²) in [7, 11) is 0. The van der Waals surface area contributed by atoms with Crippen molar-refractivity contribution in [2.75, 3.05) is 5.73 Å². The summed E-state index contributed by atoms with van der Waals surface area (Å²) in [6.07, 6.45) is 2.06. The van der Waals surface area contributed by atoms with Gasteiger partial charge in [0.2, 0.25) is 0 Å². The lowest BCUT2D eigenvalue weighted by Crippen LogP contribution is -1.99. The fourth-order valence-electron chi connectivity index (χ4n) is 2.17. The van der Waals surface area contributed by atoms with Crippen molar-refractivity contribution in [1.29, 1.82) is 0 Å². The molecule has 0 aliphatic carbocycles. The molecule has 0 aliphatic rings. The van der Waals surface area contributed by atoms with E-state index in [-0.39, 0.29) is 0 Å². The second-order valence-electron chi connectivity index (χ2n) is 4.50. The van der Waals surface area contributed by atoms with E-state index >= 15 is 0 Å². The average molecular weight is 336 g/mol. The van der Waals surface area contributed by atoms with Crippen molar-refractivity contribution in [3.63, 3.8) is 0 Å². The smallest absolute Gasteiger partial charge is 0.0504 e. The number of anilines is 1. The summed E-state index contributed by atoms with van der Waals surface area (Å²) in [6.45, 7) is 0.735. The van der Waals surface area contributed by atoms with E-state index in [2.05, 4.69) is 32.8 Å². The molecule has 2 N–H and O–H groups in total. The summed E-state index contributed by atoms with van der Waals surface area (Å²) < 4.78 is 3.14. The van der Waals surface area contributed by atoms with E-state index in [9.17, 15) is 0 Å². The molecular weight excluding hydrogens is 324 g/mol. The Hall–Kier alpha value is -1.45. The van der Waals surface area contributed by atoms with Crippen molar-refractivity contribution < 1.29 is 0 Å². The Morgan fingerprint density at radius 2 is 1.95 bits per heavy atom. The fraction of sp³-hybridized carbons (Fsp3) is 0.0667. The molecule has 96 valence electrons. The molecule has 3 rings (SSSR count). The van der Waals surface area contributed by atoms with Gasteiger partial charge in [0.25, 0.3) is 0 Å². The first-order valence-corrected chi connectivity index (χ1v) is 7.09. The van der Waals surface area contributed by atoms with Crippen molar-refractivity contribution in [1.82, 2.24) is 4.57 Å². The predicted molar refractivity (Wildman–Crippen MR) is 84.6 cm³/mol. The van der Waals surface area contributed by atoms with Crippen molar-refractivity contribution in [3.05, 3.63) is 63.7 Å². The van der Waals surface area contributed by atoms with Crippen molar-refractivity contribution in [2.45, 2.75) is 6.54 Å². The van der Waals surface area contributed by atoms with Crippen LogP contribution >= 0.6 is 27.5 Å². The van der Waals surface area contributed by atoms with Gasteiger partial charge in [0, 0.05) is 27.9 Å². The van der Waals surface area contributed by atoms with Gasteiger partial charge in [0.05, 0.1) is 5.52 Å². The molecule has 2 aromatic carbocycles. The summed E-state index contributed by atoms with van der Waals surface area (Å²) in [6, 6.07) is 14.0. The number of fused-ring (bicyclic) bond motifs is 1. The van der Waals surface area contributed by atoms with Gasteiger partial charge in [-0.25, -0.2) is 0 Å². The number of hydrogen-bond donors (Lipinski definition) is 1. The van der Waals surface area contributed by atoms with Gasteiger partial charge in [-0.05, 0) is 41.3 Å². The summed E-state index contributed by atoms with van der Waals surface area (Å²) in [4.78, 5) is 0. The summed E-state index contributed by atoms with van der Waals surface area (Å²) in [5.41, 5.74) is 8.83. The molecule has 2 nitrogen and oxygen atoms in total. The van der Waals surface area contributed by atoms with Gasteiger partial charge in [-0.15, -0.1) is 0 Å². The van der Waals surface area contributed by atoms with E-state index in [1.807, 2.05) is 36.4 Å². The van der Waals surface area contributed by atoms with Gasteiger partial charge in [0.15, 0.2) is 0 Å². The summed E-state index contributed by atoms with van der Waals surface area (Å²) in [5.74, 6) is 0. The van der Waals surface area contributed by atoms with Crippen LogP contribution < -0.4 is 5.73 Å². The number of aromatic nitrogens is 1. The zero-order chi connectivity index (χ0) is 13.4. The van der Waals surface area contributed by atoms with Crippen LogP contribution in [0.2, 0.25) is 5.02 Å².